The highest BCUT2D eigenvalue weighted by atomic mass is 16.5. The molecule has 3 nitrogen and oxygen atoms in total. The Morgan fingerprint density at radius 2 is 2.50 bits per heavy atom. The number of nitriles is 1. The van der Waals surface area contributed by atoms with E-state index in [1.807, 2.05) is 0 Å². The number of allylic oxidation sites excluding steroid dienone is 2. The smallest absolute Gasteiger partial charge is 0.202 e. The van der Waals surface area contributed by atoms with Crippen molar-refractivity contribution in [3.8, 4) is 6.07 Å². The average molecular weight is 162 g/mol. The van der Waals surface area contributed by atoms with Gasteiger partial charge in [0.05, 0.1) is 6.61 Å². The van der Waals surface area contributed by atoms with Gasteiger partial charge in [0.25, 0.3) is 0 Å². The zero-order chi connectivity index (χ0) is 8.55. The van der Waals surface area contributed by atoms with Crippen LogP contribution in [-0.4, -0.2) is 6.61 Å². The van der Waals surface area contributed by atoms with Crippen LogP contribution >= 0.6 is 0 Å². The van der Waals surface area contributed by atoms with Crippen molar-refractivity contribution in [2.24, 2.45) is 11.7 Å². The molecule has 0 saturated carbocycles. The lowest BCUT2D eigenvalue weighted by Gasteiger charge is -2.22. The Kier molecular flexibility index (Phi) is 1.54. The van der Waals surface area contributed by atoms with Crippen molar-refractivity contribution in [3.63, 3.8) is 0 Å². The summed E-state index contributed by atoms with van der Waals surface area (Å²) in [7, 11) is 0. The number of nitrogens with zero attached hydrogens (tertiary/aromatic N) is 1. The normalized spacial score (nSPS) is 27.2. The van der Waals surface area contributed by atoms with Gasteiger partial charge in [-0.05, 0) is 18.4 Å². The fraction of sp³-hybridized carbons (Fsp3) is 0.444. The fourth-order valence-electron chi connectivity index (χ4n) is 1.77. The van der Waals surface area contributed by atoms with Crippen molar-refractivity contribution in [1.29, 1.82) is 5.26 Å². The van der Waals surface area contributed by atoms with Gasteiger partial charge in [-0.2, -0.15) is 5.26 Å². The van der Waals surface area contributed by atoms with Gasteiger partial charge in [0, 0.05) is 5.92 Å². The molecule has 0 radical (unpaired) electrons. The van der Waals surface area contributed by atoms with E-state index < -0.39 is 0 Å². The minimum atomic E-state index is 0.293. The lowest BCUT2D eigenvalue weighted by molar-refractivity contribution is 0.162. The summed E-state index contributed by atoms with van der Waals surface area (Å²) in [6.45, 7) is 0.642. The van der Waals surface area contributed by atoms with E-state index in [0.717, 1.165) is 18.4 Å². The predicted molar refractivity (Wildman–Crippen MR) is 43.6 cm³/mol. The van der Waals surface area contributed by atoms with Crippen LogP contribution < -0.4 is 5.73 Å². The third-order valence-electron chi connectivity index (χ3n) is 2.41. The van der Waals surface area contributed by atoms with E-state index >= 15 is 0 Å². The Bertz CT molecular complexity index is 309. The van der Waals surface area contributed by atoms with E-state index in [2.05, 4.69) is 12.1 Å². The maximum absolute atomic E-state index is 8.80. The minimum absolute atomic E-state index is 0.293. The van der Waals surface area contributed by atoms with Crippen LogP contribution in [0.3, 0.4) is 0 Å². The molecule has 1 aliphatic carbocycles. The van der Waals surface area contributed by atoms with Gasteiger partial charge < -0.3 is 10.5 Å². The monoisotopic (exact) mass is 162 g/mol. The first-order valence-electron chi connectivity index (χ1n) is 4.06. The Labute approximate surface area is 71.1 Å². The SMILES string of the molecule is N#CC1=C(N)OCC2CCC=C12. The average Bonchev–Trinajstić information content (AvgIpc) is 2.52. The highest BCUT2D eigenvalue weighted by Crippen LogP contribution is 2.35. The fourth-order valence-corrected chi connectivity index (χ4v) is 1.77. The van der Waals surface area contributed by atoms with Crippen LogP contribution in [0.5, 0.6) is 0 Å². The molecule has 0 fully saturated rings. The summed E-state index contributed by atoms with van der Waals surface area (Å²) in [5.74, 6) is 0.703. The van der Waals surface area contributed by atoms with Crippen molar-refractivity contribution in [3.05, 3.63) is 23.1 Å². The van der Waals surface area contributed by atoms with E-state index in [-0.39, 0.29) is 0 Å². The molecule has 0 bridgehead atoms. The predicted octanol–water partition coefficient (Wildman–Crippen LogP) is 1.05. The summed E-state index contributed by atoms with van der Waals surface area (Å²) in [6.07, 6.45) is 4.23. The van der Waals surface area contributed by atoms with Crippen LogP contribution in [0.2, 0.25) is 0 Å². The Morgan fingerprint density at radius 3 is 3.25 bits per heavy atom. The van der Waals surface area contributed by atoms with Crippen LogP contribution in [-0.2, 0) is 4.74 Å². The summed E-state index contributed by atoms with van der Waals surface area (Å²) in [6, 6.07) is 2.09. The molecule has 3 heteroatoms. The number of ether oxygens (including phenoxy) is 1. The second-order valence-electron chi connectivity index (χ2n) is 3.10. The second kappa shape index (κ2) is 2.56. The van der Waals surface area contributed by atoms with Gasteiger partial charge in [-0.25, -0.2) is 0 Å². The van der Waals surface area contributed by atoms with Gasteiger partial charge in [-0.15, -0.1) is 0 Å². The molecule has 0 saturated heterocycles. The minimum Gasteiger partial charge on any atom is -0.478 e. The molecular formula is C9H10N2O. The summed E-state index contributed by atoms with van der Waals surface area (Å²) < 4.78 is 5.19. The van der Waals surface area contributed by atoms with E-state index in [9.17, 15) is 0 Å². The van der Waals surface area contributed by atoms with Gasteiger partial charge in [0.2, 0.25) is 5.88 Å². The summed E-state index contributed by atoms with van der Waals surface area (Å²) >= 11 is 0. The molecule has 1 heterocycles. The standard InChI is InChI=1S/C9H10N2O/c10-4-8-7-3-1-2-6(7)5-12-9(8)11/h3,6H,1-2,5,11H2. The molecule has 1 atom stereocenters. The largest absolute Gasteiger partial charge is 0.478 e. The zero-order valence-corrected chi connectivity index (χ0v) is 6.71. The van der Waals surface area contributed by atoms with E-state index in [1.54, 1.807) is 0 Å². The molecule has 0 aromatic heterocycles. The van der Waals surface area contributed by atoms with Crippen molar-refractivity contribution >= 4 is 0 Å². The number of fused-ring (bicyclic) bond motifs is 1. The van der Waals surface area contributed by atoms with Crippen molar-refractivity contribution in [2.75, 3.05) is 6.61 Å². The molecule has 2 rings (SSSR count). The molecule has 1 aliphatic heterocycles. The molecule has 12 heavy (non-hydrogen) atoms. The van der Waals surface area contributed by atoms with Crippen molar-refractivity contribution in [2.45, 2.75) is 12.8 Å². The lowest BCUT2D eigenvalue weighted by atomic mass is 9.95. The molecule has 2 N–H and O–H groups in total. The number of nitrogens with two attached hydrogens (primary N) is 1. The number of hydrogen-bond acceptors (Lipinski definition) is 3. The molecule has 1 unspecified atom stereocenters. The zero-order valence-electron chi connectivity index (χ0n) is 6.71. The van der Waals surface area contributed by atoms with Crippen LogP contribution in [0.1, 0.15) is 12.8 Å². The molecule has 0 aromatic carbocycles. The summed E-state index contributed by atoms with van der Waals surface area (Å²) in [4.78, 5) is 0. The first-order valence-corrected chi connectivity index (χ1v) is 4.06. The van der Waals surface area contributed by atoms with Crippen LogP contribution in [0.4, 0.5) is 0 Å². The van der Waals surface area contributed by atoms with Crippen LogP contribution in [0, 0.1) is 17.2 Å². The van der Waals surface area contributed by atoms with Gasteiger partial charge >= 0.3 is 0 Å². The Morgan fingerprint density at radius 1 is 1.67 bits per heavy atom. The van der Waals surface area contributed by atoms with Gasteiger partial charge in [-0.1, -0.05) is 6.08 Å². The summed E-state index contributed by atoms with van der Waals surface area (Å²) in [5, 5.41) is 8.80. The van der Waals surface area contributed by atoms with E-state index in [0.29, 0.717) is 24.0 Å². The second-order valence-corrected chi connectivity index (χ2v) is 3.10. The molecule has 2 aliphatic rings. The topological polar surface area (TPSA) is 59.0 Å². The maximum atomic E-state index is 8.80. The highest BCUT2D eigenvalue weighted by Gasteiger charge is 2.29. The first-order chi connectivity index (χ1) is 5.83. The van der Waals surface area contributed by atoms with Crippen LogP contribution in [0.25, 0.3) is 0 Å². The van der Waals surface area contributed by atoms with Gasteiger partial charge in [0.15, 0.2) is 0 Å². The van der Waals surface area contributed by atoms with Crippen molar-refractivity contribution in [1.82, 2.24) is 0 Å². The highest BCUT2D eigenvalue weighted by molar-refractivity contribution is 5.47. The number of hydrogen-bond donors (Lipinski definition) is 1. The quantitative estimate of drug-likeness (QED) is 0.579. The molecule has 62 valence electrons. The molecule has 0 amide bonds. The van der Waals surface area contributed by atoms with Crippen molar-refractivity contribution < 1.29 is 4.74 Å². The third kappa shape index (κ3) is 0.884. The summed E-state index contributed by atoms with van der Waals surface area (Å²) in [5.41, 5.74) is 7.18. The maximum Gasteiger partial charge on any atom is 0.202 e. The molecule has 0 spiro atoms. The van der Waals surface area contributed by atoms with Gasteiger partial charge in [-0.3, -0.25) is 0 Å². The van der Waals surface area contributed by atoms with E-state index in [1.165, 1.54) is 0 Å². The third-order valence-corrected chi connectivity index (χ3v) is 2.41. The molecule has 0 aromatic rings. The molecular weight excluding hydrogens is 152 g/mol. The van der Waals surface area contributed by atoms with Crippen LogP contribution in [0.15, 0.2) is 23.1 Å². The number of rotatable bonds is 0. The first kappa shape index (κ1) is 7.23. The Hall–Kier alpha value is -1.43. The van der Waals surface area contributed by atoms with E-state index in [4.69, 9.17) is 15.7 Å². The Balaban J connectivity index is 2.42. The lowest BCUT2D eigenvalue weighted by Crippen LogP contribution is -2.21. The van der Waals surface area contributed by atoms with Gasteiger partial charge in [0.1, 0.15) is 11.6 Å².